The van der Waals surface area contributed by atoms with E-state index < -0.39 is 12.1 Å². The average molecular weight is 419 g/mol. The number of nitrogens with one attached hydrogen (secondary N) is 1. The number of pyridine rings is 2. The van der Waals surface area contributed by atoms with Gasteiger partial charge in [0.2, 0.25) is 5.88 Å². The summed E-state index contributed by atoms with van der Waals surface area (Å²) in [5, 5.41) is 0. The van der Waals surface area contributed by atoms with E-state index in [-0.39, 0.29) is 24.5 Å². The molecule has 8 heteroatoms. The SMILES string of the molecule is CCn1c(=O)ccc2[nH]cc(-c3cc(C)nc(OC4CCC(C(F)(F)F)CC4)c3)c21. The van der Waals surface area contributed by atoms with E-state index in [0.717, 1.165) is 27.9 Å². The molecular formula is C22H24F3N3O2. The van der Waals surface area contributed by atoms with Crippen LogP contribution in [0.15, 0.2) is 35.3 Å². The standard InChI is InChI=1S/C22H24F3N3O2/c1-3-28-20(29)9-8-18-21(28)17(12-26-18)14-10-13(2)27-19(11-14)30-16-6-4-15(5-7-16)22(23,24)25/h8-12,15-16,26H,3-7H2,1-2H3. The fourth-order valence-corrected chi connectivity index (χ4v) is 4.27. The number of rotatable bonds is 4. The van der Waals surface area contributed by atoms with Crippen molar-refractivity contribution in [3.63, 3.8) is 0 Å². The van der Waals surface area contributed by atoms with Gasteiger partial charge in [-0.1, -0.05) is 0 Å². The second-order valence-electron chi connectivity index (χ2n) is 7.85. The highest BCUT2D eigenvalue weighted by atomic mass is 19.4. The van der Waals surface area contributed by atoms with Gasteiger partial charge in [0.15, 0.2) is 0 Å². The number of hydrogen-bond acceptors (Lipinski definition) is 3. The van der Waals surface area contributed by atoms with Crippen molar-refractivity contribution in [3.05, 3.63) is 46.5 Å². The van der Waals surface area contributed by atoms with Gasteiger partial charge in [-0.2, -0.15) is 13.2 Å². The van der Waals surface area contributed by atoms with E-state index in [2.05, 4.69) is 9.97 Å². The van der Waals surface area contributed by atoms with Crippen LogP contribution in [-0.2, 0) is 6.54 Å². The molecule has 0 radical (unpaired) electrons. The fraction of sp³-hybridized carbons (Fsp3) is 0.455. The van der Waals surface area contributed by atoms with Crippen LogP contribution in [0.3, 0.4) is 0 Å². The molecule has 1 fully saturated rings. The molecular weight excluding hydrogens is 395 g/mol. The zero-order valence-electron chi connectivity index (χ0n) is 16.9. The second-order valence-corrected chi connectivity index (χ2v) is 7.85. The summed E-state index contributed by atoms with van der Waals surface area (Å²) < 4.78 is 46.4. The first kappa shape index (κ1) is 20.5. The molecule has 30 heavy (non-hydrogen) atoms. The van der Waals surface area contributed by atoms with Gasteiger partial charge in [-0.25, -0.2) is 4.98 Å². The molecule has 0 aliphatic heterocycles. The second kappa shape index (κ2) is 7.81. The number of ether oxygens (including phenoxy) is 1. The van der Waals surface area contributed by atoms with E-state index in [4.69, 9.17) is 4.74 Å². The molecule has 1 aliphatic rings. The van der Waals surface area contributed by atoms with Crippen LogP contribution >= 0.6 is 0 Å². The Morgan fingerprint density at radius 1 is 1.20 bits per heavy atom. The minimum atomic E-state index is -4.13. The largest absolute Gasteiger partial charge is 0.474 e. The van der Waals surface area contributed by atoms with Crippen LogP contribution in [0.4, 0.5) is 13.2 Å². The molecule has 1 saturated carbocycles. The van der Waals surface area contributed by atoms with Gasteiger partial charge in [0, 0.05) is 36.1 Å². The number of aromatic amines is 1. The van der Waals surface area contributed by atoms with Gasteiger partial charge < -0.3 is 14.3 Å². The first-order valence-electron chi connectivity index (χ1n) is 10.2. The molecule has 4 rings (SSSR count). The number of nitrogens with zero attached hydrogens (tertiary/aromatic N) is 2. The van der Waals surface area contributed by atoms with Crippen molar-refractivity contribution in [2.45, 2.75) is 58.4 Å². The smallest absolute Gasteiger partial charge is 0.391 e. The minimum absolute atomic E-state index is 0.0745. The summed E-state index contributed by atoms with van der Waals surface area (Å²) in [5.41, 5.74) is 4.04. The average Bonchev–Trinajstić information content (AvgIpc) is 3.11. The van der Waals surface area contributed by atoms with Crippen molar-refractivity contribution in [1.82, 2.24) is 14.5 Å². The highest BCUT2D eigenvalue weighted by Gasteiger charge is 2.41. The molecule has 0 amide bonds. The van der Waals surface area contributed by atoms with Crippen molar-refractivity contribution in [2.24, 2.45) is 5.92 Å². The third-order valence-corrected chi connectivity index (χ3v) is 5.79. The summed E-state index contributed by atoms with van der Waals surface area (Å²) in [6.45, 7) is 4.30. The van der Waals surface area contributed by atoms with Crippen molar-refractivity contribution >= 4 is 11.0 Å². The molecule has 1 aliphatic carbocycles. The van der Waals surface area contributed by atoms with Gasteiger partial charge >= 0.3 is 6.18 Å². The highest BCUT2D eigenvalue weighted by molar-refractivity contribution is 5.93. The van der Waals surface area contributed by atoms with Crippen molar-refractivity contribution in [3.8, 4) is 17.0 Å². The van der Waals surface area contributed by atoms with Gasteiger partial charge in [-0.05, 0) is 57.2 Å². The van der Waals surface area contributed by atoms with Crippen LogP contribution < -0.4 is 10.3 Å². The monoisotopic (exact) mass is 419 g/mol. The van der Waals surface area contributed by atoms with Crippen LogP contribution in [0.5, 0.6) is 5.88 Å². The first-order chi connectivity index (χ1) is 14.3. The quantitative estimate of drug-likeness (QED) is 0.631. The van der Waals surface area contributed by atoms with E-state index in [0.29, 0.717) is 25.3 Å². The fourth-order valence-electron chi connectivity index (χ4n) is 4.27. The molecule has 160 valence electrons. The molecule has 5 nitrogen and oxygen atoms in total. The van der Waals surface area contributed by atoms with Gasteiger partial charge in [0.05, 0.1) is 17.0 Å². The van der Waals surface area contributed by atoms with Crippen molar-refractivity contribution < 1.29 is 17.9 Å². The molecule has 0 unspecified atom stereocenters. The van der Waals surface area contributed by atoms with Gasteiger partial charge in [0.1, 0.15) is 6.10 Å². The molecule has 3 aromatic heterocycles. The van der Waals surface area contributed by atoms with Gasteiger partial charge in [0.25, 0.3) is 5.56 Å². The van der Waals surface area contributed by atoms with E-state index in [1.165, 1.54) is 6.07 Å². The summed E-state index contributed by atoms with van der Waals surface area (Å²) in [5.74, 6) is -0.841. The lowest BCUT2D eigenvalue weighted by atomic mass is 9.87. The summed E-state index contributed by atoms with van der Waals surface area (Å²) in [6.07, 6.45) is -1.68. The molecule has 0 spiro atoms. The van der Waals surface area contributed by atoms with Crippen molar-refractivity contribution in [1.29, 1.82) is 0 Å². The Morgan fingerprint density at radius 2 is 1.93 bits per heavy atom. The Hall–Kier alpha value is -2.77. The maximum Gasteiger partial charge on any atom is 0.391 e. The number of aryl methyl sites for hydroxylation is 2. The van der Waals surface area contributed by atoms with Crippen LogP contribution in [0.25, 0.3) is 22.2 Å². The first-order valence-corrected chi connectivity index (χ1v) is 10.2. The number of aromatic nitrogens is 3. The topological polar surface area (TPSA) is 59.9 Å². The van der Waals surface area contributed by atoms with E-state index >= 15 is 0 Å². The normalized spacial score (nSPS) is 19.9. The zero-order valence-corrected chi connectivity index (χ0v) is 16.9. The number of fused-ring (bicyclic) bond motifs is 1. The van der Waals surface area contributed by atoms with Crippen molar-refractivity contribution in [2.75, 3.05) is 0 Å². The van der Waals surface area contributed by atoms with Crippen LogP contribution in [0, 0.1) is 12.8 Å². The molecule has 1 N–H and O–H groups in total. The minimum Gasteiger partial charge on any atom is -0.474 e. The maximum atomic E-state index is 12.9. The Bertz CT molecular complexity index is 1110. The highest BCUT2D eigenvalue weighted by Crippen LogP contribution is 2.39. The lowest BCUT2D eigenvalue weighted by Crippen LogP contribution is -2.32. The predicted molar refractivity (Wildman–Crippen MR) is 109 cm³/mol. The third-order valence-electron chi connectivity index (χ3n) is 5.79. The van der Waals surface area contributed by atoms with Crippen LogP contribution in [0.2, 0.25) is 0 Å². The predicted octanol–water partition coefficient (Wildman–Crippen LogP) is 5.22. The summed E-state index contributed by atoms with van der Waals surface area (Å²) in [4.78, 5) is 19.9. The third kappa shape index (κ3) is 3.95. The number of hydrogen-bond donors (Lipinski definition) is 1. The summed E-state index contributed by atoms with van der Waals surface area (Å²) >= 11 is 0. The lowest BCUT2D eigenvalue weighted by molar-refractivity contribution is -0.185. The molecule has 0 saturated heterocycles. The Morgan fingerprint density at radius 3 is 2.60 bits per heavy atom. The number of H-pyrrole nitrogens is 1. The number of alkyl halides is 3. The van der Waals surface area contributed by atoms with E-state index in [1.54, 1.807) is 16.7 Å². The summed E-state index contributed by atoms with van der Waals surface area (Å²) in [6, 6.07) is 7.00. The Balaban J connectivity index is 1.62. The molecule has 0 aromatic carbocycles. The van der Waals surface area contributed by atoms with Crippen LogP contribution in [-0.4, -0.2) is 26.8 Å². The zero-order chi connectivity index (χ0) is 21.5. The van der Waals surface area contributed by atoms with Gasteiger partial charge in [-0.3, -0.25) is 4.79 Å². The lowest BCUT2D eigenvalue weighted by Gasteiger charge is -2.29. The molecule has 0 atom stereocenters. The van der Waals surface area contributed by atoms with E-state index in [9.17, 15) is 18.0 Å². The molecule has 3 heterocycles. The number of halogens is 3. The van der Waals surface area contributed by atoms with E-state index in [1.807, 2.05) is 26.1 Å². The summed E-state index contributed by atoms with van der Waals surface area (Å²) in [7, 11) is 0. The maximum absolute atomic E-state index is 12.9. The Kier molecular flexibility index (Phi) is 5.34. The Labute approximate surface area is 171 Å². The van der Waals surface area contributed by atoms with Gasteiger partial charge in [-0.15, -0.1) is 0 Å². The van der Waals surface area contributed by atoms with Crippen LogP contribution in [0.1, 0.15) is 38.3 Å². The molecule has 3 aromatic rings. The molecule has 0 bridgehead atoms.